The molecule has 0 spiro atoms. The maximum absolute atomic E-state index is 11.8. The lowest BCUT2D eigenvalue weighted by atomic mass is 10.3. The van der Waals surface area contributed by atoms with E-state index in [-0.39, 0.29) is 17.4 Å². The molecule has 2 amide bonds. The number of thioether (sulfide) groups is 1. The van der Waals surface area contributed by atoms with E-state index < -0.39 is 12.0 Å². The monoisotopic (exact) mass is 286 g/mol. The van der Waals surface area contributed by atoms with Crippen LogP contribution in [0, 0.1) is 0 Å². The number of hydrogen-bond donors (Lipinski definition) is 2. The van der Waals surface area contributed by atoms with Crippen molar-refractivity contribution in [3.8, 4) is 0 Å². The summed E-state index contributed by atoms with van der Waals surface area (Å²) in [5, 5.41) is 11.0. The minimum absolute atomic E-state index is 0.125. The van der Waals surface area contributed by atoms with E-state index in [1.54, 1.807) is 17.1 Å². The largest absolute Gasteiger partial charge is 0.480 e. The van der Waals surface area contributed by atoms with Crippen molar-refractivity contribution in [1.29, 1.82) is 0 Å². The number of hydrogen-bond acceptors (Lipinski definition) is 4. The summed E-state index contributed by atoms with van der Waals surface area (Å²) in [6, 6.07) is -0.984. The van der Waals surface area contributed by atoms with Crippen LogP contribution in [0.3, 0.4) is 0 Å². The molecule has 0 heterocycles. The zero-order valence-electron chi connectivity index (χ0n) is 10.6. The van der Waals surface area contributed by atoms with E-state index in [0.29, 0.717) is 19.5 Å². The molecule has 0 radical (unpaired) electrons. The molecule has 106 valence electrons. The summed E-state index contributed by atoms with van der Waals surface area (Å²) in [6.07, 6.45) is 3.56. The highest BCUT2D eigenvalue weighted by atomic mass is 32.2. The molecule has 1 unspecified atom stereocenters. The average Bonchev–Trinajstić information content (AvgIpc) is 2.37. The molecule has 0 aliphatic carbocycles. The first-order valence-electron chi connectivity index (χ1n) is 5.56. The Bertz CT molecular complexity index is 337. The maximum Gasteiger partial charge on any atom is 0.327 e. The maximum atomic E-state index is 11.8. The summed E-state index contributed by atoms with van der Waals surface area (Å²) < 4.78 is 0. The third-order valence-corrected chi connectivity index (χ3v) is 3.15. The van der Waals surface area contributed by atoms with Gasteiger partial charge in [0.2, 0.25) is 12.3 Å². The van der Waals surface area contributed by atoms with E-state index in [0.717, 1.165) is 11.8 Å². The molecule has 6 nitrogen and oxygen atoms in total. The Morgan fingerprint density at radius 3 is 2.32 bits per heavy atom. The van der Waals surface area contributed by atoms with Crippen LogP contribution in [-0.2, 0) is 14.4 Å². The number of rotatable bonds is 11. The van der Waals surface area contributed by atoms with E-state index in [2.05, 4.69) is 18.5 Å². The summed E-state index contributed by atoms with van der Waals surface area (Å²) in [4.78, 5) is 34.3. The van der Waals surface area contributed by atoms with Crippen molar-refractivity contribution >= 4 is 30.0 Å². The van der Waals surface area contributed by atoms with Gasteiger partial charge in [-0.3, -0.25) is 9.59 Å². The zero-order chi connectivity index (χ0) is 14.7. The van der Waals surface area contributed by atoms with Crippen LogP contribution in [0.1, 0.15) is 0 Å². The number of nitrogens with zero attached hydrogens (tertiary/aromatic N) is 1. The number of carboxylic acids is 1. The Morgan fingerprint density at radius 1 is 1.32 bits per heavy atom. The van der Waals surface area contributed by atoms with Crippen LogP contribution in [0.2, 0.25) is 0 Å². The molecule has 0 aromatic heterocycles. The van der Waals surface area contributed by atoms with Gasteiger partial charge in [0.15, 0.2) is 0 Å². The van der Waals surface area contributed by atoms with E-state index in [4.69, 9.17) is 5.11 Å². The molecule has 0 saturated heterocycles. The second kappa shape index (κ2) is 10.2. The van der Waals surface area contributed by atoms with Gasteiger partial charge in [-0.15, -0.1) is 24.9 Å². The third kappa shape index (κ3) is 7.30. The Hall–Kier alpha value is -1.76. The van der Waals surface area contributed by atoms with Gasteiger partial charge in [-0.1, -0.05) is 12.2 Å². The summed E-state index contributed by atoms with van der Waals surface area (Å²) in [7, 11) is 0. The molecule has 7 heteroatoms. The molecular weight excluding hydrogens is 268 g/mol. The number of nitrogens with one attached hydrogen (secondary N) is 1. The van der Waals surface area contributed by atoms with Crippen LogP contribution in [0.4, 0.5) is 0 Å². The second-order valence-electron chi connectivity index (χ2n) is 3.57. The standard InChI is InChI=1S/C12H18N2O4S/c1-3-5-14(6-4-2)11(16)8-19-7-10(12(17)18)13-9-15/h3-4,9-10H,1-2,5-8H2,(H,13,15)(H,17,18). The van der Waals surface area contributed by atoms with Crippen LogP contribution >= 0.6 is 11.8 Å². The predicted octanol–water partition coefficient (Wildman–Crippen LogP) is 0.119. The van der Waals surface area contributed by atoms with Gasteiger partial charge in [-0.25, -0.2) is 4.79 Å². The average molecular weight is 286 g/mol. The highest BCUT2D eigenvalue weighted by Crippen LogP contribution is 2.06. The number of carbonyl (C=O) groups excluding carboxylic acids is 2. The Kier molecular flexibility index (Phi) is 9.25. The van der Waals surface area contributed by atoms with Crippen molar-refractivity contribution in [3.05, 3.63) is 25.3 Å². The summed E-state index contributed by atoms with van der Waals surface area (Å²) in [5.41, 5.74) is 0. The highest BCUT2D eigenvalue weighted by Gasteiger charge is 2.17. The molecule has 19 heavy (non-hydrogen) atoms. The molecule has 0 aliphatic heterocycles. The SMILES string of the molecule is C=CCN(CC=C)C(=O)CSCC(NC=O)C(=O)O. The van der Waals surface area contributed by atoms with Crippen LogP contribution < -0.4 is 5.32 Å². The van der Waals surface area contributed by atoms with Gasteiger partial charge in [0.25, 0.3) is 0 Å². The fraction of sp³-hybridized carbons (Fsp3) is 0.417. The summed E-state index contributed by atoms with van der Waals surface area (Å²) in [5.74, 6) is -0.969. The smallest absolute Gasteiger partial charge is 0.327 e. The van der Waals surface area contributed by atoms with Gasteiger partial charge in [0.05, 0.1) is 5.75 Å². The molecule has 0 aromatic rings. The fourth-order valence-electron chi connectivity index (χ4n) is 1.22. The van der Waals surface area contributed by atoms with Gasteiger partial charge < -0.3 is 15.3 Å². The lowest BCUT2D eigenvalue weighted by Gasteiger charge is -2.19. The predicted molar refractivity (Wildman–Crippen MR) is 74.9 cm³/mol. The van der Waals surface area contributed by atoms with Gasteiger partial charge >= 0.3 is 5.97 Å². The topological polar surface area (TPSA) is 86.7 Å². The van der Waals surface area contributed by atoms with Crippen LogP contribution in [-0.4, -0.2) is 58.9 Å². The Labute approximate surface area is 116 Å². The van der Waals surface area contributed by atoms with Gasteiger partial charge in [-0.05, 0) is 0 Å². The number of carbonyl (C=O) groups is 3. The third-order valence-electron chi connectivity index (χ3n) is 2.13. The normalized spacial score (nSPS) is 11.2. The number of aliphatic carboxylic acids is 1. The van der Waals surface area contributed by atoms with Gasteiger partial charge in [0, 0.05) is 18.8 Å². The zero-order valence-corrected chi connectivity index (χ0v) is 11.4. The minimum atomic E-state index is -1.12. The molecule has 0 bridgehead atoms. The molecular formula is C12H18N2O4S. The van der Waals surface area contributed by atoms with Crippen molar-refractivity contribution in [2.24, 2.45) is 0 Å². The van der Waals surface area contributed by atoms with Crippen molar-refractivity contribution in [2.45, 2.75) is 6.04 Å². The first-order valence-corrected chi connectivity index (χ1v) is 6.72. The van der Waals surface area contributed by atoms with E-state index in [9.17, 15) is 14.4 Å². The van der Waals surface area contributed by atoms with Crippen molar-refractivity contribution in [3.63, 3.8) is 0 Å². The molecule has 0 rings (SSSR count). The number of amides is 2. The minimum Gasteiger partial charge on any atom is -0.480 e. The second-order valence-corrected chi connectivity index (χ2v) is 4.60. The van der Waals surface area contributed by atoms with E-state index in [1.165, 1.54) is 0 Å². The first kappa shape index (κ1) is 17.2. The number of carboxylic acid groups (broad SMARTS) is 1. The van der Waals surface area contributed by atoms with Crippen molar-refractivity contribution in [2.75, 3.05) is 24.6 Å². The molecule has 1 atom stereocenters. The molecule has 0 aliphatic rings. The molecule has 0 aromatic carbocycles. The summed E-state index contributed by atoms with van der Waals surface area (Å²) >= 11 is 1.16. The van der Waals surface area contributed by atoms with E-state index >= 15 is 0 Å². The fourth-order valence-corrected chi connectivity index (χ4v) is 2.17. The molecule has 0 fully saturated rings. The quantitative estimate of drug-likeness (QED) is 0.416. The summed E-state index contributed by atoms with van der Waals surface area (Å²) in [6.45, 7) is 7.95. The van der Waals surface area contributed by atoms with Crippen molar-refractivity contribution in [1.82, 2.24) is 10.2 Å². The molecule has 0 saturated carbocycles. The lowest BCUT2D eigenvalue weighted by Crippen LogP contribution is -2.38. The van der Waals surface area contributed by atoms with Gasteiger partial charge in [-0.2, -0.15) is 0 Å². The lowest BCUT2D eigenvalue weighted by molar-refractivity contribution is -0.139. The van der Waals surface area contributed by atoms with Crippen LogP contribution in [0.15, 0.2) is 25.3 Å². The molecule has 2 N–H and O–H groups in total. The first-order chi connectivity index (χ1) is 9.06. The Morgan fingerprint density at radius 2 is 1.89 bits per heavy atom. The van der Waals surface area contributed by atoms with Crippen molar-refractivity contribution < 1.29 is 19.5 Å². The van der Waals surface area contributed by atoms with Gasteiger partial charge in [0.1, 0.15) is 6.04 Å². The van der Waals surface area contributed by atoms with E-state index in [1.807, 2.05) is 0 Å². The Balaban J connectivity index is 4.18. The van der Waals surface area contributed by atoms with Crippen LogP contribution in [0.25, 0.3) is 0 Å². The van der Waals surface area contributed by atoms with Crippen LogP contribution in [0.5, 0.6) is 0 Å². The highest BCUT2D eigenvalue weighted by molar-refractivity contribution is 8.00.